The van der Waals surface area contributed by atoms with E-state index in [1.54, 1.807) is 44.3 Å². The highest BCUT2D eigenvalue weighted by Crippen LogP contribution is 2.33. The number of aryl methyl sites for hydroxylation is 1. The van der Waals surface area contributed by atoms with Gasteiger partial charge in [0.15, 0.2) is 6.29 Å². The number of ether oxygens (including phenoxy) is 2. The van der Waals surface area contributed by atoms with E-state index in [1.807, 2.05) is 6.07 Å². The highest BCUT2D eigenvalue weighted by Gasteiger charge is 2.14. The lowest BCUT2D eigenvalue weighted by Crippen LogP contribution is -1.93. The Hall–Kier alpha value is -2.30. The number of hydrogen-bond acceptors (Lipinski definition) is 4. The lowest BCUT2D eigenvalue weighted by molar-refractivity contribution is 0.112. The highest BCUT2D eigenvalue weighted by atomic mass is 16.5. The molecule has 0 fully saturated rings. The Bertz CT molecular complexity index is 576. The van der Waals surface area contributed by atoms with Gasteiger partial charge in [-0.2, -0.15) is 5.10 Å². The van der Waals surface area contributed by atoms with Crippen molar-refractivity contribution in [2.75, 3.05) is 14.2 Å². The van der Waals surface area contributed by atoms with Gasteiger partial charge in [0.05, 0.1) is 19.8 Å². The van der Waals surface area contributed by atoms with Gasteiger partial charge in [0.25, 0.3) is 0 Å². The molecule has 0 spiro atoms. The van der Waals surface area contributed by atoms with Gasteiger partial charge >= 0.3 is 0 Å². The molecule has 0 atom stereocenters. The number of hydrogen-bond donors (Lipinski definition) is 0. The monoisotopic (exact) mass is 246 g/mol. The number of carbonyl (C=O) groups is 1. The summed E-state index contributed by atoms with van der Waals surface area (Å²) in [5.74, 6) is 1.32. The van der Waals surface area contributed by atoms with Crippen molar-refractivity contribution < 1.29 is 14.3 Å². The second-order valence-corrected chi connectivity index (χ2v) is 3.79. The van der Waals surface area contributed by atoms with Crippen molar-refractivity contribution in [2.45, 2.75) is 0 Å². The number of rotatable bonds is 4. The largest absolute Gasteiger partial charge is 0.497 e. The minimum Gasteiger partial charge on any atom is -0.497 e. The quantitative estimate of drug-likeness (QED) is 0.773. The summed E-state index contributed by atoms with van der Waals surface area (Å²) in [5.41, 5.74) is 1.90. The Kier molecular flexibility index (Phi) is 3.32. The average Bonchev–Trinajstić information content (AvgIpc) is 2.78. The molecule has 0 N–H and O–H groups in total. The normalized spacial score (nSPS) is 10.2. The topological polar surface area (TPSA) is 53.4 Å². The maximum Gasteiger partial charge on any atom is 0.153 e. The van der Waals surface area contributed by atoms with Crippen LogP contribution in [0.4, 0.5) is 0 Å². The molecule has 0 amide bonds. The fraction of sp³-hybridized carbons (Fsp3) is 0.231. The summed E-state index contributed by atoms with van der Waals surface area (Å²) in [4.78, 5) is 11.0. The van der Waals surface area contributed by atoms with Crippen LogP contribution in [0.15, 0.2) is 24.4 Å². The number of methoxy groups -OCH3 is 2. The molecule has 1 aromatic carbocycles. The number of benzene rings is 1. The van der Waals surface area contributed by atoms with Crippen LogP contribution >= 0.6 is 0 Å². The van der Waals surface area contributed by atoms with Gasteiger partial charge in [-0.25, -0.2) is 0 Å². The second kappa shape index (κ2) is 4.91. The summed E-state index contributed by atoms with van der Waals surface area (Å²) >= 11 is 0. The predicted octanol–water partition coefficient (Wildman–Crippen LogP) is 1.92. The zero-order valence-corrected chi connectivity index (χ0v) is 10.5. The van der Waals surface area contributed by atoms with Gasteiger partial charge < -0.3 is 9.47 Å². The van der Waals surface area contributed by atoms with Crippen molar-refractivity contribution in [2.24, 2.45) is 7.05 Å². The molecule has 0 unspecified atom stereocenters. The van der Waals surface area contributed by atoms with Gasteiger partial charge in [-0.05, 0) is 12.1 Å². The Morgan fingerprint density at radius 1 is 1.28 bits per heavy atom. The SMILES string of the molecule is COc1ccc(-c2nn(C)cc2C=O)c(OC)c1. The van der Waals surface area contributed by atoms with Crippen molar-refractivity contribution in [3.05, 3.63) is 30.0 Å². The summed E-state index contributed by atoms with van der Waals surface area (Å²) in [6.45, 7) is 0. The van der Waals surface area contributed by atoms with E-state index in [1.165, 1.54) is 0 Å². The first-order valence-corrected chi connectivity index (χ1v) is 5.40. The Morgan fingerprint density at radius 2 is 2.06 bits per heavy atom. The number of carbonyl (C=O) groups excluding carboxylic acids is 1. The molecule has 0 saturated carbocycles. The first-order valence-electron chi connectivity index (χ1n) is 5.40. The molecule has 0 radical (unpaired) electrons. The van der Waals surface area contributed by atoms with Crippen molar-refractivity contribution in [1.82, 2.24) is 9.78 Å². The first-order chi connectivity index (χ1) is 8.69. The van der Waals surface area contributed by atoms with Gasteiger partial charge in [0.1, 0.15) is 17.2 Å². The van der Waals surface area contributed by atoms with Crippen LogP contribution in [0.3, 0.4) is 0 Å². The minimum atomic E-state index is 0.529. The van der Waals surface area contributed by atoms with E-state index in [9.17, 15) is 4.79 Å². The maximum absolute atomic E-state index is 11.0. The van der Waals surface area contributed by atoms with Gasteiger partial charge in [-0.3, -0.25) is 9.48 Å². The van der Waals surface area contributed by atoms with Crippen LogP contribution in [0.1, 0.15) is 10.4 Å². The molecule has 0 aliphatic rings. The molecule has 0 saturated heterocycles. The third kappa shape index (κ3) is 2.07. The summed E-state index contributed by atoms with van der Waals surface area (Å²) in [5, 5.41) is 4.28. The molecule has 1 heterocycles. The molecule has 2 rings (SSSR count). The smallest absolute Gasteiger partial charge is 0.153 e. The molecule has 18 heavy (non-hydrogen) atoms. The van der Waals surface area contributed by atoms with Gasteiger partial charge in [-0.1, -0.05) is 0 Å². The lowest BCUT2D eigenvalue weighted by Gasteiger charge is -2.08. The Balaban J connectivity index is 2.59. The Morgan fingerprint density at radius 3 is 2.67 bits per heavy atom. The highest BCUT2D eigenvalue weighted by molar-refractivity contribution is 5.87. The van der Waals surface area contributed by atoms with Crippen LogP contribution in [-0.2, 0) is 7.05 Å². The van der Waals surface area contributed by atoms with Crippen molar-refractivity contribution in [1.29, 1.82) is 0 Å². The van der Waals surface area contributed by atoms with Crippen LogP contribution in [0.5, 0.6) is 11.5 Å². The predicted molar refractivity (Wildman–Crippen MR) is 67.1 cm³/mol. The third-order valence-corrected chi connectivity index (χ3v) is 2.65. The van der Waals surface area contributed by atoms with E-state index in [4.69, 9.17) is 9.47 Å². The van der Waals surface area contributed by atoms with Crippen LogP contribution in [0, 0.1) is 0 Å². The summed E-state index contributed by atoms with van der Waals surface area (Å²) in [7, 11) is 4.93. The number of aromatic nitrogens is 2. The van der Waals surface area contributed by atoms with Crippen molar-refractivity contribution in [3.63, 3.8) is 0 Å². The van der Waals surface area contributed by atoms with E-state index >= 15 is 0 Å². The van der Waals surface area contributed by atoms with Crippen LogP contribution < -0.4 is 9.47 Å². The number of nitrogens with zero attached hydrogens (tertiary/aromatic N) is 2. The zero-order chi connectivity index (χ0) is 13.1. The Labute approximate surface area is 105 Å². The molecule has 5 nitrogen and oxygen atoms in total. The fourth-order valence-electron chi connectivity index (χ4n) is 1.80. The van der Waals surface area contributed by atoms with Crippen molar-refractivity contribution in [3.8, 4) is 22.8 Å². The second-order valence-electron chi connectivity index (χ2n) is 3.79. The fourth-order valence-corrected chi connectivity index (χ4v) is 1.80. The lowest BCUT2D eigenvalue weighted by atomic mass is 10.1. The standard InChI is InChI=1S/C13H14N2O3/c1-15-7-9(8-16)13(14-15)11-5-4-10(17-2)6-12(11)18-3/h4-8H,1-3H3. The molecular formula is C13H14N2O3. The molecule has 0 aliphatic heterocycles. The van der Waals surface area contributed by atoms with E-state index in [0.717, 1.165) is 11.8 Å². The molecule has 0 bridgehead atoms. The van der Waals surface area contributed by atoms with Crippen LogP contribution in [0.25, 0.3) is 11.3 Å². The molecule has 5 heteroatoms. The van der Waals surface area contributed by atoms with E-state index < -0.39 is 0 Å². The summed E-state index contributed by atoms with van der Waals surface area (Å²) < 4.78 is 12.0. The average molecular weight is 246 g/mol. The van der Waals surface area contributed by atoms with Crippen LogP contribution in [0.2, 0.25) is 0 Å². The van der Waals surface area contributed by atoms with Crippen molar-refractivity contribution >= 4 is 6.29 Å². The molecular weight excluding hydrogens is 232 g/mol. The molecule has 2 aromatic rings. The third-order valence-electron chi connectivity index (χ3n) is 2.65. The molecule has 94 valence electrons. The first kappa shape index (κ1) is 12.2. The van der Waals surface area contributed by atoms with E-state index in [0.29, 0.717) is 22.8 Å². The molecule has 1 aromatic heterocycles. The molecule has 0 aliphatic carbocycles. The van der Waals surface area contributed by atoms with E-state index in [-0.39, 0.29) is 0 Å². The number of aldehydes is 1. The summed E-state index contributed by atoms with van der Waals surface area (Å²) in [6.07, 6.45) is 2.46. The van der Waals surface area contributed by atoms with Gasteiger partial charge in [-0.15, -0.1) is 0 Å². The summed E-state index contributed by atoms with van der Waals surface area (Å²) in [6, 6.07) is 5.40. The van der Waals surface area contributed by atoms with Gasteiger partial charge in [0.2, 0.25) is 0 Å². The van der Waals surface area contributed by atoms with Crippen LogP contribution in [-0.4, -0.2) is 30.3 Å². The van der Waals surface area contributed by atoms with E-state index in [2.05, 4.69) is 5.10 Å². The minimum absolute atomic E-state index is 0.529. The van der Waals surface area contributed by atoms with Gasteiger partial charge in [0, 0.05) is 24.9 Å². The maximum atomic E-state index is 11.0. The zero-order valence-electron chi connectivity index (χ0n) is 10.5.